The number of anilines is 1. The highest BCUT2D eigenvalue weighted by Crippen LogP contribution is 2.32. The number of likely N-dealkylation sites (tertiary alicyclic amines) is 1. The van der Waals surface area contributed by atoms with Crippen LogP contribution in [0.4, 0.5) is 5.69 Å². The molecule has 0 bridgehead atoms. The summed E-state index contributed by atoms with van der Waals surface area (Å²) in [7, 11) is 0. The van der Waals surface area contributed by atoms with E-state index in [4.69, 9.17) is 0 Å². The number of nitrogens with zero attached hydrogens (tertiary/aromatic N) is 1. The number of benzene rings is 1. The molecule has 0 saturated carbocycles. The molecular weight excluding hydrogens is 362 g/mol. The lowest BCUT2D eigenvalue weighted by Crippen LogP contribution is -2.44. The minimum atomic E-state index is 0.0515. The SMILES string of the molecule is CCCC(=O)NCC1CCCN(CC(=O)Nc2c(C(C)C)cccc2C(C)C)C1. The summed E-state index contributed by atoms with van der Waals surface area (Å²) < 4.78 is 0. The minimum Gasteiger partial charge on any atom is -0.356 e. The molecule has 0 radical (unpaired) electrons. The van der Waals surface area contributed by atoms with Gasteiger partial charge < -0.3 is 10.6 Å². The normalized spacial score (nSPS) is 17.6. The summed E-state index contributed by atoms with van der Waals surface area (Å²) in [5.74, 6) is 1.32. The second kappa shape index (κ2) is 11.3. The molecule has 1 saturated heterocycles. The minimum absolute atomic E-state index is 0.0515. The third-order valence-electron chi connectivity index (χ3n) is 5.67. The van der Waals surface area contributed by atoms with Gasteiger partial charge in [0, 0.05) is 25.2 Å². The highest BCUT2D eigenvalue weighted by Gasteiger charge is 2.23. The first-order valence-corrected chi connectivity index (χ1v) is 11.2. The summed E-state index contributed by atoms with van der Waals surface area (Å²) >= 11 is 0. The molecule has 0 aromatic heterocycles. The Balaban J connectivity index is 1.96. The Kier molecular flexibility index (Phi) is 9.15. The highest BCUT2D eigenvalue weighted by atomic mass is 16.2. The van der Waals surface area contributed by atoms with E-state index < -0.39 is 0 Å². The Labute approximate surface area is 176 Å². The summed E-state index contributed by atoms with van der Waals surface area (Å²) in [5.41, 5.74) is 3.38. The van der Waals surface area contributed by atoms with Gasteiger partial charge >= 0.3 is 0 Å². The van der Waals surface area contributed by atoms with E-state index in [0.717, 1.165) is 38.0 Å². The molecule has 2 rings (SSSR count). The van der Waals surface area contributed by atoms with Gasteiger partial charge in [-0.1, -0.05) is 52.8 Å². The van der Waals surface area contributed by atoms with E-state index in [2.05, 4.69) is 61.4 Å². The summed E-state index contributed by atoms with van der Waals surface area (Å²) in [6.07, 6.45) is 3.64. The molecule has 1 atom stereocenters. The van der Waals surface area contributed by atoms with Crippen LogP contribution >= 0.6 is 0 Å². The molecular formula is C24H39N3O2. The van der Waals surface area contributed by atoms with E-state index in [1.807, 2.05) is 6.92 Å². The van der Waals surface area contributed by atoms with Crippen molar-refractivity contribution in [3.05, 3.63) is 29.3 Å². The molecule has 162 valence electrons. The van der Waals surface area contributed by atoms with Crippen LogP contribution in [0.1, 0.15) is 83.3 Å². The van der Waals surface area contributed by atoms with Gasteiger partial charge in [-0.05, 0) is 54.7 Å². The Morgan fingerprint density at radius 3 is 2.34 bits per heavy atom. The molecule has 29 heavy (non-hydrogen) atoms. The largest absolute Gasteiger partial charge is 0.356 e. The number of hydrogen-bond acceptors (Lipinski definition) is 3. The van der Waals surface area contributed by atoms with Crippen LogP contribution in [0.15, 0.2) is 18.2 Å². The number of carbonyl (C=O) groups excluding carboxylic acids is 2. The van der Waals surface area contributed by atoms with E-state index in [-0.39, 0.29) is 11.8 Å². The molecule has 1 fully saturated rings. The third-order valence-corrected chi connectivity index (χ3v) is 5.67. The average molecular weight is 402 g/mol. The number of piperidine rings is 1. The van der Waals surface area contributed by atoms with E-state index in [0.29, 0.717) is 37.3 Å². The first-order valence-electron chi connectivity index (χ1n) is 11.2. The molecule has 0 aliphatic carbocycles. The predicted molar refractivity (Wildman–Crippen MR) is 120 cm³/mol. The molecule has 1 unspecified atom stereocenters. The van der Waals surface area contributed by atoms with E-state index >= 15 is 0 Å². The summed E-state index contributed by atoms with van der Waals surface area (Å²) in [6, 6.07) is 6.31. The fraction of sp³-hybridized carbons (Fsp3) is 0.667. The van der Waals surface area contributed by atoms with Gasteiger partial charge in [0.25, 0.3) is 0 Å². The highest BCUT2D eigenvalue weighted by molar-refractivity contribution is 5.94. The monoisotopic (exact) mass is 401 g/mol. The standard InChI is InChI=1S/C24H39N3O2/c1-6-9-22(28)25-14-19-10-8-13-27(15-19)16-23(29)26-24-20(17(2)3)11-7-12-21(24)18(4)5/h7,11-12,17-19H,6,8-10,13-16H2,1-5H3,(H,25,28)(H,26,29). The van der Waals surface area contributed by atoms with Crippen LogP contribution < -0.4 is 10.6 Å². The van der Waals surface area contributed by atoms with Crippen LogP contribution in [-0.2, 0) is 9.59 Å². The second-order valence-corrected chi connectivity index (χ2v) is 8.97. The number of hydrogen-bond donors (Lipinski definition) is 2. The summed E-state index contributed by atoms with van der Waals surface area (Å²) in [4.78, 5) is 26.8. The Hall–Kier alpha value is -1.88. The molecule has 2 amide bonds. The van der Waals surface area contributed by atoms with Gasteiger partial charge in [-0.15, -0.1) is 0 Å². The topological polar surface area (TPSA) is 61.4 Å². The van der Waals surface area contributed by atoms with Gasteiger partial charge in [-0.2, -0.15) is 0 Å². The maximum absolute atomic E-state index is 12.9. The van der Waals surface area contributed by atoms with Gasteiger partial charge in [0.05, 0.1) is 6.54 Å². The number of carbonyl (C=O) groups is 2. The lowest BCUT2D eigenvalue weighted by molar-refractivity contribution is -0.121. The van der Waals surface area contributed by atoms with Gasteiger partial charge in [-0.25, -0.2) is 0 Å². The van der Waals surface area contributed by atoms with Crippen molar-refractivity contribution in [3.8, 4) is 0 Å². The van der Waals surface area contributed by atoms with Crippen LogP contribution in [0.25, 0.3) is 0 Å². The Morgan fingerprint density at radius 1 is 1.10 bits per heavy atom. The fourth-order valence-electron chi connectivity index (χ4n) is 4.11. The van der Waals surface area contributed by atoms with Crippen molar-refractivity contribution in [1.82, 2.24) is 10.2 Å². The molecule has 1 aliphatic heterocycles. The molecule has 5 heteroatoms. The van der Waals surface area contributed by atoms with Crippen LogP contribution in [-0.4, -0.2) is 42.9 Å². The number of nitrogens with one attached hydrogen (secondary N) is 2. The van der Waals surface area contributed by atoms with Crippen molar-refractivity contribution >= 4 is 17.5 Å². The molecule has 2 N–H and O–H groups in total. The zero-order valence-corrected chi connectivity index (χ0v) is 18.9. The van der Waals surface area contributed by atoms with Gasteiger partial charge in [0.15, 0.2) is 0 Å². The van der Waals surface area contributed by atoms with Crippen molar-refractivity contribution in [2.45, 2.75) is 72.1 Å². The van der Waals surface area contributed by atoms with Crippen LogP contribution in [0.3, 0.4) is 0 Å². The fourth-order valence-corrected chi connectivity index (χ4v) is 4.11. The maximum Gasteiger partial charge on any atom is 0.238 e. The van der Waals surface area contributed by atoms with E-state index in [1.54, 1.807) is 0 Å². The van der Waals surface area contributed by atoms with Crippen molar-refractivity contribution in [2.75, 3.05) is 31.5 Å². The molecule has 1 heterocycles. The zero-order valence-electron chi connectivity index (χ0n) is 18.9. The van der Waals surface area contributed by atoms with Crippen molar-refractivity contribution in [3.63, 3.8) is 0 Å². The van der Waals surface area contributed by atoms with E-state index in [1.165, 1.54) is 11.1 Å². The zero-order chi connectivity index (χ0) is 21.4. The van der Waals surface area contributed by atoms with Crippen molar-refractivity contribution in [1.29, 1.82) is 0 Å². The quantitative estimate of drug-likeness (QED) is 0.640. The lowest BCUT2D eigenvalue weighted by atomic mass is 9.92. The first kappa shape index (κ1) is 23.4. The second-order valence-electron chi connectivity index (χ2n) is 8.97. The Bertz CT molecular complexity index is 658. The number of para-hydroxylation sites is 1. The van der Waals surface area contributed by atoms with Gasteiger partial charge in [0.1, 0.15) is 0 Å². The van der Waals surface area contributed by atoms with E-state index in [9.17, 15) is 9.59 Å². The lowest BCUT2D eigenvalue weighted by Gasteiger charge is -2.32. The Morgan fingerprint density at radius 2 is 1.76 bits per heavy atom. The molecule has 1 aromatic carbocycles. The third kappa shape index (κ3) is 7.14. The summed E-state index contributed by atoms with van der Waals surface area (Å²) in [5, 5.41) is 6.26. The number of amides is 2. The molecule has 5 nitrogen and oxygen atoms in total. The molecule has 1 aromatic rings. The van der Waals surface area contributed by atoms with Crippen LogP contribution in [0.5, 0.6) is 0 Å². The molecule has 1 aliphatic rings. The average Bonchev–Trinajstić information content (AvgIpc) is 2.66. The predicted octanol–water partition coefficient (Wildman–Crippen LogP) is 4.50. The first-order chi connectivity index (χ1) is 13.8. The van der Waals surface area contributed by atoms with Crippen LogP contribution in [0, 0.1) is 5.92 Å². The molecule has 0 spiro atoms. The van der Waals surface area contributed by atoms with Crippen molar-refractivity contribution < 1.29 is 9.59 Å². The van der Waals surface area contributed by atoms with Crippen molar-refractivity contribution in [2.24, 2.45) is 5.92 Å². The maximum atomic E-state index is 12.9. The smallest absolute Gasteiger partial charge is 0.238 e. The van der Waals surface area contributed by atoms with Crippen LogP contribution in [0.2, 0.25) is 0 Å². The summed E-state index contributed by atoms with van der Waals surface area (Å²) in [6.45, 7) is 13.6. The van der Waals surface area contributed by atoms with Gasteiger partial charge in [-0.3, -0.25) is 14.5 Å². The van der Waals surface area contributed by atoms with Gasteiger partial charge in [0.2, 0.25) is 11.8 Å². The number of rotatable bonds is 9.